The predicted octanol–water partition coefficient (Wildman–Crippen LogP) is 0.605. The van der Waals surface area contributed by atoms with Gasteiger partial charge in [0.1, 0.15) is 5.54 Å². The molecule has 1 fully saturated rings. The molecule has 2 rings (SSSR count). The van der Waals surface area contributed by atoms with E-state index in [1.165, 1.54) is 20.2 Å². The molecular formula is C10H14ClN3O4S. The second-order valence-corrected chi connectivity index (χ2v) is 6.81. The van der Waals surface area contributed by atoms with E-state index in [0.717, 1.165) is 4.68 Å². The Kier molecular flexibility index (Phi) is 3.36. The van der Waals surface area contributed by atoms with Crippen LogP contribution >= 0.6 is 11.6 Å². The van der Waals surface area contributed by atoms with Gasteiger partial charge in [0.2, 0.25) is 0 Å². The summed E-state index contributed by atoms with van der Waals surface area (Å²) in [7, 11) is -2.62. The Hall–Kier alpha value is -1.12. The molecule has 7 nitrogen and oxygen atoms in total. The third-order valence-electron chi connectivity index (χ3n) is 3.28. The van der Waals surface area contributed by atoms with Gasteiger partial charge in [0, 0.05) is 7.05 Å². The first-order chi connectivity index (χ1) is 8.68. The molecule has 0 aliphatic heterocycles. The lowest BCUT2D eigenvalue weighted by Crippen LogP contribution is -2.54. The Morgan fingerprint density at radius 2 is 2.21 bits per heavy atom. The number of rotatable bonds is 5. The van der Waals surface area contributed by atoms with Gasteiger partial charge < -0.3 is 5.11 Å². The minimum atomic E-state index is -4.05. The Bertz CT molecular complexity index is 603. The summed E-state index contributed by atoms with van der Waals surface area (Å²) >= 11 is 5.78. The highest BCUT2D eigenvalue weighted by Crippen LogP contribution is 2.40. The van der Waals surface area contributed by atoms with Crippen LogP contribution in [0.5, 0.6) is 0 Å². The summed E-state index contributed by atoms with van der Waals surface area (Å²) in [5.74, 6) is -1.40. The number of sulfonamides is 1. The van der Waals surface area contributed by atoms with Crippen molar-refractivity contribution >= 4 is 27.6 Å². The maximum absolute atomic E-state index is 12.3. The molecule has 0 bridgehead atoms. The van der Waals surface area contributed by atoms with E-state index >= 15 is 0 Å². The highest BCUT2D eigenvalue weighted by atomic mass is 35.5. The number of carbonyl (C=O) groups is 1. The van der Waals surface area contributed by atoms with Crippen LogP contribution in [0.25, 0.3) is 0 Å². The molecule has 0 spiro atoms. The molecule has 1 heterocycles. The van der Waals surface area contributed by atoms with E-state index in [0.29, 0.717) is 12.8 Å². The van der Waals surface area contributed by atoms with Gasteiger partial charge in [-0.05, 0) is 25.7 Å². The van der Waals surface area contributed by atoms with Crippen LogP contribution < -0.4 is 4.72 Å². The second-order valence-electron chi connectivity index (χ2n) is 4.81. The average molecular weight is 308 g/mol. The lowest BCUT2D eigenvalue weighted by atomic mass is 9.98. The topological polar surface area (TPSA) is 101 Å². The molecule has 1 saturated carbocycles. The number of hydrogen-bond acceptors (Lipinski definition) is 4. The van der Waals surface area contributed by atoms with Crippen molar-refractivity contribution in [2.75, 3.05) is 0 Å². The SMILES string of the molecule is Cn1ncc(Cl)c1S(=O)(=O)NC(C)(C(=O)O)C1CC1. The molecule has 1 unspecified atom stereocenters. The van der Waals surface area contributed by atoms with Crippen molar-refractivity contribution in [3.05, 3.63) is 11.2 Å². The molecule has 1 aliphatic rings. The summed E-state index contributed by atoms with van der Waals surface area (Å²) in [6.07, 6.45) is 2.57. The summed E-state index contributed by atoms with van der Waals surface area (Å²) in [5, 5.41) is 12.7. The van der Waals surface area contributed by atoms with E-state index in [1.807, 2.05) is 0 Å². The van der Waals surface area contributed by atoms with E-state index in [4.69, 9.17) is 11.6 Å². The quantitative estimate of drug-likeness (QED) is 0.829. The minimum absolute atomic E-state index is 0.0430. The number of carboxylic acids is 1. The fourth-order valence-corrected chi connectivity index (χ4v) is 4.08. The van der Waals surface area contributed by atoms with Crippen molar-refractivity contribution in [2.24, 2.45) is 13.0 Å². The molecule has 0 amide bonds. The second kappa shape index (κ2) is 4.46. The molecule has 0 aromatic carbocycles. The van der Waals surface area contributed by atoms with Crippen molar-refractivity contribution in [3.8, 4) is 0 Å². The normalized spacial score (nSPS) is 19.1. The summed E-state index contributed by atoms with van der Waals surface area (Å²) in [5.41, 5.74) is -1.52. The van der Waals surface area contributed by atoms with E-state index in [1.54, 1.807) is 0 Å². The number of halogens is 1. The molecule has 0 saturated heterocycles. The molecule has 0 radical (unpaired) electrons. The molecule has 1 atom stereocenters. The van der Waals surface area contributed by atoms with Gasteiger partial charge in [0.05, 0.1) is 11.2 Å². The number of nitrogens with zero attached hydrogens (tertiary/aromatic N) is 2. The predicted molar refractivity (Wildman–Crippen MR) is 67.3 cm³/mol. The maximum atomic E-state index is 12.3. The van der Waals surface area contributed by atoms with Crippen molar-refractivity contribution in [2.45, 2.75) is 30.3 Å². The smallest absolute Gasteiger partial charge is 0.324 e. The van der Waals surface area contributed by atoms with Crippen LogP contribution in [-0.4, -0.2) is 34.8 Å². The van der Waals surface area contributed by atoms with E-state index < -0.39 is 21.5 Å². The van der Waals surface area contributed by atoms with Crippen LogP contribution in [0.3, 0.4) is 0 Å². The molecule has 1 aromatic rings. The molecule has 1 aromatic heterocycles. The summed E-state index contributed by atoms with van der Waals surface area (Å²) in [6, 6.07) is 0. The largest absolute Gasteiger partial charge is 0.480 e. The first-order valence-corrected chi connectivity index (χ1v) is 7.49. The van der Waals surface area contributed by atoms with Crippen molar-refractivity contribution < 1.29 is 18.3 Å². The van der Waals surface area contributed by atoms with Crippen LogP contribution in [0.4, 0.5) is 0 Å². The van der Waals surface area contributed by atoms with Crippen LogP contribution in [-0.2, 0) is 21.9 Å². The zero-order valence-electron chi connectivity index (χ0n) is 10.4. The molecule has 9 heteroatoms. The Balaban J connectivity index is 2.39. The van der Waals surface area contributed by atoms with Gasteiger partial charge in [-0.3, -0.25) is 9.48 Å². The molecular weight excluding hydrogens is 294 g/mol. The molecule has 19 heavy (non-hydrogen) atoms. The van der Waals surface area contributed by atoms with Crippen LogP contribution in [0.15, 0.2) is 11.2 Å². The summed E-state index contributed by atoms with van der Waals surface area (Å²) < 4.78 is 27.9. The van der Waals surface area contributed by atoms with E-state index in [9.17, 15) is 18.3 Å². The maximum Gasteiger partial charge on any atom is 0.324 e. The first-order valence-electron chi connectivity index (χ1n) is 5.63. The Morgan fingerprint density at radius 3 is 2.58 bits per heavy atom. The number of aliphatic carboxylic acids is 1. The van der Waals surface area contributed by atoms with Crippen molar-refractivity contribution in [1.82, 2.24) is 14.5 Å². The number of carboxylic acid groups (broad SMARTS) is 1. The highest BCUT2D eigenvalue weighted by Gasteiger charge is 2.50. The van der Waals surface area contributed by atoms with E-state index in [2.05, 4.69) is 9.82 Å². The number of aromatic nitrogens is 2. The number of hydrogen-bond donors (Lipinski definition) is 2. The minimum Gasteiger partial charge on any atom is -0.480 e. The highest BCUT2D eigenvalue weighted by molar-refractivity contribution is 7.89. The zero-order valence-corrected chi connectivity index (χ0v) is 12.0. The van der Waals surface area contributed by atoms with Crippen LogP contribution in [0, 0.1) is 5.92 Å². The average Bonchev–Trinajstić information content (AvgIpc) is 3.04. The number of aryl methyl sites for hydroxylation is 1. The fraction of sp³-hybridized carbons (Fsp3) is 0.600. The lowest BCUT2D eigenvalue weighted by molar-refractivity contribution is -0.144. The summed E-state index contributed by atoms with van der Waals surface area (Å²) in [6.45, 7) is 1.37. The Labute approximate surface area is 115 Å². The third kappa shape index (κ3) is 2.47. The van der Waals surface area contributed by atoms with Gasteiger partial charge in [-0.25, -0.2) is 8.42 Å². The van der Waals surface area contributed by atoms with Crippen molar-refractivity contribution in [1.29, 1.82) is 0 Å². The third-order valence-corrected chi connectivity index (χ3v) is 5.36. The van der Waals surface area contributed by atoms with Crippen LogP contribution in [0.1, 0.15) is 19.8 Å². The van der Waals surface area contributed by atoms with Crippen molar-refractivity contribution in [3.63, 3.8) is 0 Å². The lowest BCUT2D eigenvalue weighted by Gasteiger charge is -2.25. The first kappa shape index (κ1) is 14.3. The molecule has 1 aliphatic carbocycles. The van der Waals surface area contributed by atoms with Crippen LogP contribution in [0.2, 0.25) is 5.02 Å². The molecule has 2 N–H and O–H groups in total. The summed E-state index contributed by atoms with van der Waals surface area (Å²) in [4.78, 5) is 11.3. The number of nitrogens with one attached hydrogen (secondary N) is 1. The van der Waals surface area contributed by atoms with Gasteiger partial charge >= 0.3 is 5.97 Å². The van der Waals surface area contributed by atoms with Gasteiger partial charge in [0.25, 0.3) is 10.0 Å². The van der Waals surface area contributed by atoms with E-state index in [-0.39, 0.29) is 16.0 Å². The zero-order chi connectivity index (χ0) is 14.4. The van der Waals surface area contributed by atoms with Gasteiger partial charge in [-0.15, -0.1) is 0 Å². The monoisotopic (exact) mass is 307 g/mol. The standard InChI is InChI=1S/C10H14ClN3O4S/c1-10(9(15)16,6-3-4-6)13-19(17,18)8-7(11)5-12-14(8)2/h5-6,13H,3-4H2,1-2H3,(H,15,16). The Morgan fingerprint density at radius 1 is 1.63 bits per heavy atom. The molecule has 106 valence electrons. The van der Waals surface area contributed by atoms with Gasteiger partial charge in [-0.1, -0.05) is 11.6 Å². The van der Waals surface area contributed by atoms with Gasteiger partial charge in [0.15, 0.2) is 5.03 Å². The fourth-order valence-electron chi connectivity index (χ4n) is 1.99. The van der Waals surface area contributed by atoms with Gasteiger partial charge in [-0.2, -0.15) is 9.82 Å².